The lowest BCUT2D eigenvalue weighted by Gasteiger charge is -2.31. The topological polar surface area (TPSA) is 69.7 Å². The molecule has 4 rings (SSSR count). The lowest BCUT2D eigenvalue weighted by molar-refractivity contribution is 0.102. The summed E-state index contributed by atoms with van der Waals surface area (Å²) in [6, 6.07) is 7.96. The maximum absolute atomic E-state index is 12.7. The van der Waals surface area contributed by atoms with Crippen molar-refractivity contribution in [3.8, 4) is 0 Å². The van der Waals surface area contributed by atoms with Crippen molar-refractivity contribution in [2.75, 3.05) is 67.6 Å². The fraction of sp³-hybridized carbons (Fsp3) is 0.444. The summed E-state index contributed by atoms with van der Waals surface area (Å²) in [6.45, 7) is 6.84. The highest BCUT2D eigenvalue weighted by molar-refractivity contribution is 7.14. The van der Waals surface area contributed by atoms with Gasteiger partial charge in [-0.1, -0.05) is 12.1 Å². The Hall–Kier alpha value is -2.16. The molecule has 7 nitrogen and oxygen atoms in total. The number of anilines is 3. The van der Waals surface area contributed by atoms with Crippen molar-refractivity contribution in [3.05, 3.63) is 35.3 Å². The molecule has 2 aliphatic rings. The molecule has 8 heteroatoms. The molecule has 0 radical (unpaired) electrons. The number of morpholine rings is 1. The van der Waals surface area contributed by atoms with E-state index in [9.17, 15) is 4.79 Å². The summed E-state index contributed by atoms with van der Waals surface area (Å²) in [7, 11) is 0. The van der Waals surface area contributed by atoms with Gasteiger partial charge in [0.25, 0.3) is 5.91 Å². The molecule has 2 aromatic rings. The molecule has 2 aliphatic heterocycles. The van der Waals surface area contributed by atoms with Gasteiger partial charge in [0.05, 0.1) is 24.6 Å². The van der Waals surface area contributed by atoms with Crippen molar-refractivity contribution < 1.29 is 9.53 Å². The van der Waals surface area contributed by atoms with E-state index < -0.39 is 0 Å². The minimum absolute atomic E-state index is 0.164. The summed E-state index contributed by atoms with van der Waals surface area (Å²) in [4.78, 5) is 21.7. The van der Waals surface area contributed by atoms with Crippen LogP contribution in [-0.4, -0.2) is 63.4 Å². The number of benzene rings is 1. The van der Waals surface area contributed by atoms with Crippen molar-refractivity contribution >= 4 is 33.8 Å². The first-order chi connectivity index (χ1) is 12.8. The van der Waals surface area contributed by atoms with Crippen molar-refractivity contribution in [3.63, 3.8) is 0 Å². The SMILES string of the molecule is O=C(Nc1ccccc1N1CCNCC1)c1csc(N2CCOCC2)n1. The highest BCUT2D eigenvalue weighted by atomic mass is 32.1. The van der Waals surface area contributed by atoms with Gasteiger partial charge in [0.1, 0.15) is 5.69 Å². The monoisotopic (exact) mass is 373 g/mol. The van der Waals surface area contributed by atoms with E-state index in [1.807, 2.05) is 23.6 Å². The summed E-state index contributed by atoms with van der Waals surface area (Å²) < 4.78 is 5.37. The van der Waals surface area contributed by atoms with Crippen LogP contribution in [0.1, 0.15) is 10.5 Å². The highest BCUT2D eigenvalue weighted by Gasteiger charge is 2.19. The van der Waals surface area contributed by atoms with Crippen LogP contribution >= 0.6 is 11.3 Å². The number of hydrogen-bond donors (Lipinski definition) is 2. The fourth-order valence-corrected chi connectivity index (χ4v) is 4.08. The van der Waals surface area contributed by atoms with Gasteiger partial charge in [-0.3, -0.25) is 4.79 Å². The quantitative estimate of drug-likeness (QED) is 0.849. The highest BCUT2D eigenvalue weighted by Crippen LogP contribution is 2.27. The second-order valence-electron chi connectivity index (χ2n) is 6.32. The minimum atomic E-state index is -0.164. The lowest BCUT2D eigenvalue weighted by Crippen LogP contribution is -2.43. The predicted molar refractivity (Wildman–Crippen MR) is 105 cm³/mol. The number of carbonyl (C=O) groups excluding carboxylic acids is 1. The normalized spacial score (nSPS) is 18.0. The third-order valence-electron chi connectivity index (χ3n) is 4.62. The third-order valence-corrected chi connectivity index (χ3v) is 5.52. The number of amides is 1. The van der Waals surface area contributed by atoms with Gasteiger partial charge in [-0.05, 0) is 12.1 Å². The molecule has 138 valence electrons. The Morgan fingerprint density at radius 2 is 1.88 bits per heavy atom. The van der Waals surface area contributed by atoms with Crippen LogP contribution in [-0.2, 0) is 4.74 Å². The summed E-state index contributed by atoms with van der Waals surface area (Å²) in [5.74, 6) is -0.164. The second-order valence-corrected chi connectivity index (χ2v) is 7.16. The van der Waals surface area contributed by atoms with Gasteiger partial charge >= 0.3 is 0 Å². The predicted octanol–water partition coefficient (Wildman–Crippen LogP) is 1.64. The molecule has 0 unspecified atom stereocenters. The van der Waals surface area contributed by atoms with Crippen molar-refractivity contribution in [1.82, 2.24) is 10.3 Å². The molecule has 0 spiro atoms. The molecule has 0 atom stereocenters. The Kier molecular flexibility index (Phi) is 5.33. The molecule has 1 aromatic heterocycles. The van der Waals surface area contributed by atoms with Crippen LogP contribution in [0, 0.1) is 0 Å². The van der Waals surface area contributed by atoms with Gasteiger partial charge in [0.2, 0.25) is 0 Å². The average molecular weight is 373 g/mol. The Balaban J connectivity index is 1.47. The van der Waals surface area contributed by atoms with E-state index in [0.29, 0.717) is 18.9 Å². The van der Waals surface area contributed by atoms with Gasteiger partial charge in [-0.25, -0.2) is 4.98 Å². The summed E-state index contributed by atoms with van der Waals surface area (Å²) >= 11 is 1.51. The van der Waals surface area contributed by atoms with Crippen LogP contribution in [0.15, 0.2) is 29.6 Å². The smallest absolute Gasteiger partial charge is 0.275 e. The molecular weight excluding hydrogens is 350 g/mol. The van der Waals surface area contributed by atoms with Gasteiger partial charge in [-0.2, -0.15) is 0 Å². The maximum Gasteiger partial charge on any atom is 0.275 e. The van der Waals surface area contributed by atoms with Gasteiger partial charge in [-0.15, -0.1) is 11.3 Å². The van der Waals surface area contributed by atoms with Crippen LogP contribution in [0.3, 0.4) is 0 Å². The fourth-order valence-electron chi connectivity index (χ4n) is 3.22. The zero-order valence-electron chi connectivity index (χ0n) is 14.6. The van der Waals surface area contributed by atoms with Gasteiger partial charge in [0.15, 0.2) is 5.13 Å². The molecule has 0 bridgehead atoms. The molecule has 26 heavy (non-hydrogen) atoms. The summed E-state index contributed by atoms with van der Waals surface area (Å²) in [5, 5.41) is 9.10. The van der Waals surface area contributed by atoms with Gasteiger partial charge < -0.3 is 25.2 Å². The number of carbonyl (C=O) groups is 1. The first-order valence-corrected chi connectivity index (χ1v) is 9.83. The molecule has 2 saturated heterocycles. The number of ether oxygens (including phenoxy) is 1. The summed E-state index contributed by atoms with van der Waals surface area (Å²) in [5.41, 5.74) is 2.36. The van der Waals surface area contributed by atoms with Crippen molar-refractivity contribution in [2.45, 2.75) is 0 Å². The molecule has 0 saturated carbocycles. The molecule has 3 heterocycles. The maximum atomic E-state index is 12.7. The van der Waals surface area contributed by atoms with E-state index in [1.54, 1.807) is 0 Å². The molecule has 2 fully saturated rings. The Morgan fingerprint density at radius 3 is 2.69 bits per heavy atom. The van der Waals surface area contributed by atoms with E-state index >= 15 is 0 Å². The number of rotatable bonds is 4. The van der Waals surface area contributed by atoms with E-state index in [-0.39, 0.29) is 5.91 Å². The zero-order valence-corrected chi connectivity index (χ0v) is 15.4. The molecule has 1 aromatic carbocycles. The number of thiazole rings is 1. The van der Waals surface area contributed by atoms with E-state index in [4.69, 9.17) is 4.74 Å². The van der Waals surface area contributed by atoms with Crippen LogP contribution < -0.4 is 20.4 Å². The zero-order chi connectivity index (χ0) is 17.8. The number of aromatic nitrogens is 1. The first kappa shape index (κ1) is 17.3. The molecule has 2 N–H and O–H groups in total. The largest absolute Gasteiger partial charge is 0.378 e. The van der Waals surface area contributed by atoms with E-state index in [1.165, 1.54) is 11.3 Å². The minimum Gasteiger partial charge on any atom is -0.378 e. The molecular formula is C18H23N5O2S. The Morgan fingerprint density at radius 1 is 1.12 bits per heavy atom. The van der Waals surface area contributed by atoms with Gasteiger partial charge in [0, 0.05) is 44.6 Å². The third kappa shape index (κ3) is 3.82. The van der Waals surface area contributed by atoms with Crippen molar-refractivity contribution in [2.24, 2.45) is 0 Å². The number of para-hydroxylation sites is 2. The number of nitrogens with zero attached hydrogens (tertiary/aromatic N) is 3. The van der Waals surface area contributed by atoms with Crippen LogP contribution in [0.5, 0.6) is 0 Å². The van der Waals surface area contributed by atoms with Crippen molar-refractivity contribution in [1.29, 1.82) is 0 Å². The average Bonchev–Trinajstić information content (AvgIpc) is 3.20. The Labute approximate surface area is 157 Å². The van der Waals surface area contributed by atoms with Crippen LogP contribution in [0.25, 0.3) is 0 Å². The second kappa shape index (κ2) is 8.03. The number of hydrogen-bond acceptors (Lipinski definition) is 7. The van der Waals surface area contributed by atoms with Crippen LogP contribution in [0.2, 0.25) is 0 Å². The van der Waals surface area contributed by atoms with E-state index in [0.717, 1.165) is 55.8 Å². The van der Waals surface area contributed by atoms with Crippen LogP contribution in [0.4, 0.5) is 16.5 Å². The standard InChI is InChI=1S/C18H23N5O2S/c24-17(15-13-26-18(21-15)23-9-11-25-12-10-23)20-14-3-1-2-4-16(14)22-7-5-19-6-8-22/h1-4,13,19H,5-12H2,(H,20,24). The summed E-state index contributed by atoms with van der Waals surface area (Å²) in [6.07, 6.45) is 0. The number of nitrogens with one attached hydrogen (secondary N) is 2. The van der Waals surface area contributed by atoms with E-state index in [2.05, 4.69) is 31.5 Å². The lowest BCUT2D eigenvalue weighted by atomic mass is 10.2. The molecule has 1 amide bonds. The first-order valence-electron chi connectivity index (χ1n) is 8.95. The Bertz CT molecular complexity index is 754. The molecule has 0 aliphatic carbocycles. The number of piperazine rings is 1.